The third-order valence-electron chi connectivity index (χ3n) is 6.44. The van der Waals surface area contributed by atoms with Gasteiger partial charge in [-0.05, 0) is 67.8 Å². The van der Waals surface area contributed by atoms with Crippen molar-refractivity contribution in [1.82, 2.24) is 14.1 Å². The Morgan fingerprint density at radius 3 is 2.48 bits per heavy atom. The lowest BCUT2D eigenvalue weighted by Gasteiger charge is -2.43. The van der Waals surface area contributed by atoms with Crippen LogP contribution in [0.3, 0.4) is 0 Å². The van der Waals surface area contributed by atoms with E-state index >= 15 is 0 Å². The van der Waals surface area contributed by atoms with E-state index in [1.54, 1.807) is 28.6 Å². The minimum atomic E-state index is -3.54. The van der Waals surface area contributed by atoms with Crippen LogP contribution in [0.25, 0.3) is 11.8 Å². The maximum atomic E-state index is 13.3. The number of hydrogen-bond donors (Lipinski definition) is 0. The molecule has 31 heavy (non-hydrogen) atoms. The Hall–Kier alpha value is -2.77. The van der Waals surface area contributed by atoms with Crippen molar-refractivity contribution in [1.29, 1.82) is 0 Å². The van der Waals surface area contributed by atoms with Gasteiger partial charge in [-0.3, -0.25) is 0 Å². The monoisotopic (exact) mass is 437 g/mol. The topological polar surface area (TPSA) is 55.2 Å². The van der Waals surface area contributed by atoms with Crippen molar-refractivity contribution < 1.29 is 12.8 Å². The summed E-state index contributed by atoms with van der Waals surface area (Å²) in [6.07, 6.45) is 5.38. The summed E-state index contributed by atoms with van der Waals surface area (Å²) in [7, 11) is -3.54. The van der Waals surface area contributed by atoms with Crippen molar-refractivity contribution in [2.75, 3.05) is 13.1 Å². The molecule has 2 heterocycles. The van der Waals surface area contributed by atoms with Gasteiger partial charge in [0.25, 0.3) is 0 Å². The predicted octanol–water partition coefficient (Wildman–Crippen LogP) is 4.36. The highest BCUT2D eigenvalue weighted by Gasteiger charge is 2.42. The predicted molar refractivity (Wildman–Crippen MR) is 118 cm³/mol. The lowest BCUT2D eigenvalue weighted by Crippen LogP contribution is -2.47. The Bertz CT molecular complexity index is 1280. The summed E-state index contributed by atoms with van der Waals surface area (Å²) in [5, 5.41) is 4.53. The minimum absolute atomic E-state index is 0.278. The SMILES string of the molecule is Cc1ccc(S(=O)(=O)N2CCC3=Cc4c(cnn4-c4ccc(F)cc4)CC3(C)C2)cc1. The van der Waals surface area contributed by atoms with Gasteiger partial charge in [0.05, 0.1) is 22.5 Å². The van der Waals surface area contributed by atoms with Crippen LogP contribution in [-0.4, -0.2) is 35.6 Å². The zero-order chi connectivity index (χ0) is 21.8. The number of aromatic nitrogens is 2. The van der Waals surface area contributed by atoms with Crippen molar-refractivity contribution in [2.45, 2.75) is 31.6 Å². The largest absolute Gasteiger partial charge is 0.243 e. The van der Waals surface area contributed by atoms with Crippen LogP contribution >= 0.6 is 0 Å². The zero-order valence-electron chi connectivity index (χ0n) is 17.5. The third kappa shape index (κ3) is 3.42. The molecule has 0 amide bonds. The number of piperidine rings is 1. The molecule has 5 nitrogen and oxygen atoms in total. The van der Waals surface area contributed by atoms with Gasteiger partial charge < -0.3 is 0 Å². The molecule has 1 fully saturated rings. The van der Waals surface area contributed by atoms with Crippen molar-refractivity contribution in [3.63, 3.8) is 0 Å². The quantitative estimate of drug-likeness (QED) is 0.612. The molecule has 0 N–H and O–H groups in total. The Kier molecular flexibility index (Phi) is 4.64. The van der Waals surface area contributed by atoms with E-state index in [1.807, 2.05) is 29.9 Å². The van der Waals surface area contributed by atoms with Gasteiger partial charge in [0.2, 0.25) is 10.0 Å². The molecule has 1 aliphatic heterocycles. The third-order valence-corrected chi connectivity index (χ3v) is 8.30. The van der Waals surface area contributed by atoms with Crippen LogP contribution in [0.5, 0.6) is 0 Å². The lowest BCUT2D eigenvalue weighted by atomic mass is 9.70. The Labute approximate surface area is 181 Å². The summed E-state index contributed by atoms with van der Waals surface area (Å²) in [6, 6.07) is 13.3. The van der Waals surface area contributed by atoms with Crippen LogP contribution in [0.1, 0.15) is 30.2 Å². The van der Waals surface area contributed by atoms with Gasteiger partial charge >= 0.3 is 0 Å². The molecule has 1 aliphatic carbocycles. The fraction of sp³-hybridized carbons (Fsp3) is 0.292. The second-order valence-electron chi connectivity index (χ2n) is 8.75. The smallest absolute Gasteiger partial charge is 0.233 e. The maximum Gasteiger partial charge on any atom is 0.243 e. The van der Waals surface area contributed by atoms with Crippen LogP contribution in [0, 0.1) is 18.2 Å². The summed E-state index contributed by atoms with van der Waals surface area (Å²) in [6.45, 7) is 4.98. The average Bonchev–Trinajstić information content (AvgIpc) is 3.14. The van der Waals surface area contributed by atoms with Gasteiger partial charge in [-0.2, -0.15) is 9.40 Å². The van der Waals surface area contributed by atoms with Crippen molar-refractivity contribution in [2.24, 2.45) is 5.41 Å². The zero-order valence-corrected chi connectivity index (χ0v) is 18.4. The molecule has 0 radical (unpaired) electrons. The van der Waals surface area contributed by atoms with Crippen LogP contribution in [0.2, 0.25) is 0 Å². The average molecular weight is 438 g/mol. The number of aryl methyl sites for hydroxylation is 1. The molecule has 0 bridgehead atoms. The summed E-state index contributed by atoms with van der Waals surface area (Å²) in [4.78, 5) is 0.342. The number of benzene rings is 2. The Morgan fingerprint density at radius 2 is 1.77 bits per heavy atom. The van der Waals surface area contributed by atoms with E-state index < -0.39 is 10.0 Å². The normalized spacial score (nSPS) is 21.3. The molecule has 0 saturated carbocycles. The molecule has 1 unspecified atom stereocenters. The molecule has 7 heteroatoms. The standard InChI is InChI=1S/C24H24FN3O2S/c1-17-3-9-22(10-4-17)31(29,30)27-12-11-19-13-23-18(14-24(19,2)16-27)15-26-28(23)21-7-5-20(25)6-8-21/h3-10,13,15H,11-12,14,16H2,1-2H3. The second kappa shape index (κ2) is 7.14. The summed E-state index contributed by atoms with van der Waals surface area (Å²) >= 11 is 0. The molecule has 2 aromatic carbocycles. The molecular weight excluding hydrogens is 413 g/mol. The van der Waals surface area contributed by atoms with E-state index in [-0.39, 0.29) is 11.2 Å². The Balaban J connectivity index is 1.46. The van der Waals surface area contributed by atoms with Gasteiger partial charge in [0, 0.05) is 18.5 Å². The highest BCUT2D eigenvalue weighted by molar-refractivity contribution is 7.89. The van der Waals surface area contributed by atoms with Crippen LogP contribution < -0.4 is 0 Å². The van der Waals surface area contributed by atoms with Crippen molar-refractivity contribution in [3.05, 3.63) is 82.9 Å². The lowest BCUT2D eigenvalue weighted by molar-refractivity contribution is 0.231. The van der Waals surface area contributed by atoms with Gasteiger partial charge in [0.15, 0.2) is 0 Å². The number of sulfonamides is 1. The van der Waals surface area contributed by atoms with E-state index in [1.165, 1.54) is 17.7 Å². The van der Waals surface area contributed by atoms with E-state index in [2.05, 4.69) is 18.1 Å². The minimum Gasteiger partial charge on any atom is -0.233 e. The van der Waals surface area contributed by atoms with Crippen molar-refractivity contribution in [3.8, 4) is 5.69 Å². The second-order valence-corrected chi connectivity index (χ2v) is 10.7. The van der Waals surface area contributed by atoms with E-state index in [9.17, 15) is 12.8 Å². The molecule has 0 spiro atoms. The summed E-state index contributed by atoms with van der Waals surface area (Å²) in [5.41, 5.74) is 4.87. The highest BCUT2D eigenvalue weighted by Crippen LogP contribution is 2.44. The molecule has 1 atom stereocenters. The number of nitrogens with zero attached hydrogens (tertiary/aromatic N) is 3. The fourth-order valence-electron chi connectivity index (χ4n) is 4.65. The first-order valence-corrected chi connectivity index (χ1v) is 11.8. The van der Waals surface area contributed by atoms with Crippen LogP contribution in [0.15, 0.2) is 65.2 Å². The Morgan fingerprint density at radius 1 is 1.06 bits per heavy atom. The summed E-state index contributed by atoms with van der Waals surface area (Å²) in [5.74, 6) is -0.280. The number of hydrogen-bond acceptors (Lipinski definition) is 3. The van der Waals surface area contributed by atoms with Crippen molar-refractivity contribution >= 4 is 16.1 Å². The molecule has 1 aromatic heterocycles. The molecule has 160 valence electrons. The van der Waals surface area contributed by atoms with E-state index in [0.29, 0.717) is 24.4 Å². The first-order chi connectivity index (χ1) is 14.8. The number of rotatable bonds is 3. The molecule has 3 aromatic rings. The summed E-state index contributed by atoms with van der Waals surface area (Å²) < 4.78 is 43.2. The van der Waals surface area contributed by atoms with E-state index in [0.717, 1.165) is 28.9 Å². The van der Waals surface area contributed by atoms with E-state index in [4.69, 9.17) is 0 Å². The molecule has 5 rings (SSSR count). The van der Waals surface area contributed by atoms with Gasteiger partial charge in [0.1, 0.15) is 5.82 Å². The van der Waals surface area contributed by atoms with Crippen LogP contribution in [0.4, 0.5) is 4.39 Å². The van der Waals surface area contributed by atoms with Gasteiger partial charge in [-0.25, -0.2) is 17.5 Å². The highest BCUT2D eigenvalue weighted by atomic mass is 32.2. The van der Waals surface area contributed by atoms with Gasteiger partial charge in [-0.15, -0.1) is 0 Å². The number of halogens is 1. The van der Waals surface area contributed by atoms with Gasteiger partial charge in [-0.1, -0.05) is 30.2 Å². The first kappa shape index (κ1) is 20.2. The fourth-order valence-corrected chi connectivity index (χ4v) is 6.22. The molecular formula is C24H24FN3O2S. The number of fused-ring (bicyclic) bond motifs is 2. The first-order valence-electron chi connectivity index (χ1n) is 10.4. The molecule has 1 saturated heterocycles. The van der Waals surface area contributed by atoms with Crippen LogP contribution in [-0.2, 0) is 16.4 Å². The maximum absolute atomic E-state index is 13.3. The molecule has 2 aliphatic rings.